The van der Waals surface area contributed by atoms with Crippen molar-refractivity contribution in [3.05, 3.63) is 30.5 Å². The van der Waals surface area contributed by atoms with Crippen molar-refractivity contribution in [2.45, 2.75) is 26.8 Å². The molecule has 0 spiro atoms. The normalized spacial score (nSPS) is 14.2. The van der Waals surface area contributed by atoms with E-state index in [1.807, 2.05) is 18.3 Å². The van der Waals surface area contributed by atoms with E-state index >= 15 is 0 Å². The number of rotatable bonds is 2. The zero-order chi connectivity index (χ0) is 11.8. The monoisotopic (exact) mass is 217 g/mol. The zero-order valence-corrected chi connectivity index (χ0v) is 10.1. The van der Waals surface area contributed by atoms with Crippen molar-refractivity contribution < 1.29 is 0 Å². The first kappa shape index (κ1) is 11.1. The summed E-state index contributed by atoms with van der Waals surface area (Å²) >= 11 is 0. The van der Waals surface area contributed by atoms with Crippen LogP contribution >= 0.6 is 0 Å². The van der Waals surface area contributed by atoms with Crippen LogP contribution in [0, 0.1) is 5.41 Å². The van der Waals surface area contributed by atoms with Gasteiger partial charge in [-0.05, 0) is 11.5 Å². The lowest BCUT2D eigenvalue weighted by molar-refractivity contribution is 0.237. The largest absolute Gasteiger partial charge is 0.328 e. The number of hydrogen-bond acceptors (Lipinski definition) is 2. The number of benzene rings is 1. The first-order chi connectivity index (χ1) is 7.54. The maximum atomic E-state index is 5.88. The van der Waals surface area contributed by atoms with Crippen molar-refractivity contribution in [1.29, 1.82) is 0 Å². The quantitative estimate of drug-likeness (QED) is 0.840. The van der Waals surface area contributed by atoms with Crippen LogP contribution in [0.3, 0.4) is 0 Å². The molecule has 2 aromatic rings. The third-order valence-corrected chi connectivity index (χ3v) is 3.02. The first-order valence-electron chi connectivity index (χ1n) is 5.66. The highest BCUT2D eigenvalue weighted by Gasteiger charge is 2.26. The summed E-state index contributed by atoms with van der Waals surface area (Å²) in [7, 11) is 0. The van der Waals surface area contributed by atoms with E-state index < -0.39 is 0 Å². The van der Waals surface area contributed by atoms with Gasteiger partial charge in [-0.2, -0.15) is 5.10 Å². The van der Waals surface area contributed by atoms with Crippen molar-refractivity contribution >= 4 is 10.9 Å². The van der Waals surface area contributed by atoms with Gasteiger partial charge in [-0.3, -0.25) is 4.68 Å². The van der Waals surface area contributed by atoms with Crippen molar-refractivity contribution in [1.82, 2.24) is 9.78 Å². The van der Waals surface area contributed by atoms with Gasteiger partial charge in [-0.15, -0.1) is 0 Å². The molecule has 0 saturated heterocycles. The summed E-state index contributed by atoms with van der Waals surface area (Å²) in [5.41, 5.74) is 7.16. The van der Waals surface area contributed by atoms with Crippen LogP contribution in [0.25, 0.3) is 10.9 Å². The van der Waals surface area contributed by atoms with Gasteiger partial charge in [0.05, 0.1) is 17.8 Å². The Morgan fingerprint density at radius 1 is 1.31 bits per heavy atom. The molecule has 0 aliphatic carbocycles. The summed E-state index contributed by atoms with van der Waals surface area (Å²) in [6, 6.07) is 8.47. The fraction of sp³-hybridized carbons (Fsp3) is 0.462. The van der Waals surface area contributed by atoms with Gasteiger partial charge in [-0.1, -0.05) is 39.0 Å². The van der Waals surface area contributed by atoms with E-state index in [1.54, 1.807) is 0 Å². The van der Waals surface area contributed by atoms with Crippen molar-refractivity contribution in [2.75, 3.05) is 6.54 Å². The molecule has 1 aromatic carbocycles. The van der Waals surface area contributed by atoms with Crippen LogP contribution in [0.15, 0.2) is 30.5 Å². The molecular weight excluding hydrogens is 198 g/mol. The molecular formula is C13H19N3. The summed E-state index contributed by atoms with van der Waals surface area (Å²) in [6.07, 6.45) is 1.91. The Balaban J connectivity index is 2.54. The van der Waals surface area contributed by atoms with Crippen LogP contribution in [0.2, 0.25) is 0 Å². The average molecular weight is 217 g/mol. The lowest BCUT2D eigenvalue weighted by atomic mass is 9.87. The van der Waals surface area contributed by atoms with Gasteiger partial charge in [0, 0.05) is 11.9 Å². The topological polar surface area (TPSA) is 43.8 Å². The van der Waals surface area contributed by atoms with Crippen LogP contribution in [-0.2, 0) is 0 Å². The molecule has 2 rings (SSSR count). The Bertz CT molecular complexity index is 479. The maximum Gasteiger partial charge on any atom is 0.0696 e. The Hall–Kier alpha value is -1.35. The standard InChI is InChI=1S/C13H19N3/c1-13(2,3)12(8-14)16-11-7-5-4-6-10(11)9-15-16/h4-7,9,12H,8,14H2,1-3H3. The van der Waals surface area contributed by atoms with Gasteiger partial charge >= 0.3 is 0 Å². The van der Waals surface area contributed by atoms with E-state index in [0.717, 1.165) is 5.52 Å². The van der Waals surface area contributed by atoms with Gasteiger partial charge in [0.15, 0.2) is 0 Å². The lowest BCUT2D eigenvalue weighted by Crippen LogP contribution is -2.31. The highest BCUT2D eigenvalue weighted by Crippen LogP contribution is 2.31. The third-order valence-electron chi connectivity index (χ3n) is 3.02. The minimum Gasteiger partial charge on any atom is -0.328 e. The van der Waals surface area contributed by atoms with E-state index in [9.17, 15) is 0 Å². The first-order valence-corrected chi connectivity index (χ1v) is 5.66. The van der Waals surface area contributed by atoms with Gasteiger partial charge in [0.1, 0.15) is 0 Å². The Morgan fingerprint density at radius 2 is 2.00 bits per heavy atom. The number of nitrogens with two attached hydrogens (primary N) is 1. The number of hydrogen-bond donors (Lipinski definition) is 1. The second-order valence-electron chi connectivity index (χ2n) is 5.27. The maximum absolute atomic E-state index is 5.88. The molecule has 0 fully saturated rings. The van der Waals surface area contributed by atoms with Crippen molar-refractivity contribution in [3.8, 4) is 0 Å². The van der Waals surface area contributed by atoms with Crippen LogP contribution < -0.4 is 5.73 Å². The minimum absolute atomic E-state index is 0.115. The Kier molecular flexibility index (Phi) is 2.72. The third kappa shape index (κ3) is 1.83. The summed E-state index contributed by atoms with van der Waals surface area (Å²) < 4.78 is 2.05. The summed E-state index contributed by atoms with van der Waals surface area (Å²) in [4.78, 5) is 0. The molecule has 3 nitrogen and oxygen atoms in total. The molecule has 3 heteroatoms. The summed E-state index contributed by atoms with van der Waals surface area (Å²) in [6.45, 7) is 7.19. The Morgan fingerprint density at radius 3 is 2.62 bits per heavy atom. The van der Waals surface area contributed by atoms with Gasteiger partial charge in [-0.25, -0.2) is 0 Å². The fourth-order valence-electron chi connectivity index (χ4n) is 2.06. The van der Waals surface area contributed by atoms with E-state index in [4.69, 9.17) is 5.73 Å². The van der Waals surface area contributed by atoms with Crippen molar-refractivity contribution in [3.63, 3.8) is 0 Å². The zero-order valence-electron chi connectivity index (χ0n) is 10.1. The van der Waals surface area contributed by atoms with Gasteiger partial charge in [0.2, 0.25) is 0 Å². The summed E-state index contributed by atoms with van der Waals surface area (Å²) in [5, 5.41) is 5.64. The van der Waals surface area contributed by atoms with Gasteiger partial charge < -0.3 is 5.73 Å². The molecule has 1 heterocycles. The number of para-hydroxylation sites is 1. The molecule has 1 atom stereocenters. The number of fused-ring (bicyclic) bond motifs is 1. The van der Waals surface area contributed by atoms with E-state index in [0.29, 0.717) is 6.54 Å². The molecule has 0 radical (unpaired) electrons. The minimum atomic E-state index is 0.115. The van der Waals surface area contributed by atoms with Crippen LogP contribution in [0.5, 0.6) is 0 Å². The van der Waals surface area contributed by atoms with E-state index in [-0.39, 0.29) is 11.5 Å². The average Bonchev–Trinajstić information content (AvgIpc) is 2.61. The second-order valence-corrected chi connectivity index (χ2v) is 5.27. The molecule has 0 aliphatic heterocycles. The highest BCUT2D eigenvalue weighted by molar-refractivity contribution is 5.78. The van der Waals surface area contributed by atoms with Gasteiger partial charge in [0.25, 0.3) is 0 Å². The molecule has 1 unspecified atom stereocenters. The number of nitrogens with zero attached hydrogens (tertiary/aromatic N) is 2. The molecule has 0 saturated carbocycles. The predicted molar refractivity (Wildman–Crippen MR) is 67.3 cm³/mol. The van der Waals surface area contributed by atoms with Crippen LogP contribution in [0.4, 0.5) is 0 Å². The molecule has 16 heavy (non-hydrogen) atoms. The van der Waals surface area contributed by atoms with E-state index in [2.05, 4.69) is 42.7 Å². The molecule has 1 aromatic heterocycles. The second kappa shape index (κ2) is 3.91. The smallest absolute Gasteiger partial charge is 0.0696 e. The SMILES string of the molecule is CC(C)(C)C(CN)n1ncc2ccccc21. The van der Waals surface area contributed by atoms with Crippen LogP contribution in [0.1, 0.15) is 26.8 Å². The number of aromatic nitrogens is 2. The van der Waals surface area contributed by atoms with Crippen molar-refractivity contribution in [2.24, 2.45) is 11.1 Å². The molecule has 2 N–H and O–H groups in total. The molecule has 0 bridgehead atoms. The van der Waals surface area contributed by atoms with Crippen LogP contribution in [-0.4, -0.2) is 16.3 Å². The molecule has 0 amide bonds. The molecule has 0 aliphatic rings. The lowest BCUT2D eigenvalue weighted by Gasteiger charge is -2.30. The van der Waals surface area contributed by atoms with E-state index in [1.165, 1.54) is 5.39 Å². The molecule has 86 valence electrons. The predicted octanol–water partition coefficient (Wildman–Crippen LogP) is 2.58. The fourth-order valence-corrected chi connectivity index (χ4v) is 2.06. The summed E-state index contributed by atoms with van der Waals surface area (Å²) in [5.74, 6) is 0. The Labute approximate surface area is 96.2 Å². The highest BCUT2D eigenvalue weighted by atomic mass is 15.3.